The SMILES string of the molecule is Cc1c(NN)ncnc1NCC1(O)CCCCCC1. The molecule has 106 valence electrons. The molecule has 1 fully saturated rings. The van der Waals surface area contributed by atoms with Gasteiger partial charge in [-0.3, -0.25) is 0 Å². The van der Waals surface area contributed by atoms with Crippen LogP contribution in [0.15, 0.2) is 6.33 Å². The van der Waals surface area contributed by atoms with Crippen LogP contribution in [0.25, 0.3) is 0 Å². The van der Waals surface area contributed by atoms with E-state index in [0.29, 0.717) is 12.4 Å². The van der Waals surface area contributed by atoms with Crippen LogP contribution in [-0.4, -0.2) is 27.2 Å². The van der Waals surface area contributed by atoms with E-state index in [-0.39, 0.29) is 0 Å². The van der Waals surface area contributed by atoms with E-state index in [1.165, 1.54) is 19.2 Å². The molecule has 0 aromatic carbocycles. The predicted molar refractivity (Wildman–Crippen MR) is 75.7 cm³/mol. The maximum absolute atomic E-state index is 10.6. The highest BCUT2D eigenvalue weighted by molar-refractivity contribution is 5.55. The van der Waals surface area contributed by atoms with Crippen molar-refractivity contribution >= 4 is 11.6 Å². The van der Waals surface area contributed by atoms with Crippen LogP contribution in [0.1, 0.15) is 44.1 Å². The summed E-state index contributed by atoms with van der Waals surface area (Å²) in [6.45, 7) is 2.42. The predicted octanol–water partition coefficient (Wildman–Crippen LogP) is 1.57. The van der Waals surface area contributed by atoms with Gasteiger partial charge in [0.15, 0.2) is 0 Å². The van der Waals surface area contributed by atoms with E-state index in [2.05, 4.69) is 20.7 Å². The third kappa shape index (κ3) is 3.54. The van der Waals surface area contributed by atoms with Gasteiger partial charge in [0.2, 0.25) is 0 Å². The van der Waals surface area contributed by atoms with Crippen LogP contribution in [-0.2, 0) is 0 Å². The summed E-state index contributed by atoms with van der Waals surface area (Å²) in [5, 5.41) is 13.8. The molecule has 0 bridgehead atoms. The molecular weight excluding hydrogens is 242 g/mol. The molecule has 2 rings (SSSR count). The van der Waals surface area contributed by atoms with Crippen molar-refractivity contribution < 1.29 is 5.11 Å². The van der Waals surface area contributed by atoms with E-state index in [4.69, 9.17) is 5.84 Å². The first kappa shape index (κ1) is 14.0. The summed E-state index contributed by atoms with van der Waals surface area (Å²) < 4.78 is 0. The van der Waals surface area contributed by atoms with Crippen molar-refractivity contribution in [2.75, 3.05) is 17.3 Å². The molecule has 1 aromatic rings. The van der Waals surface area contributed by atoms with Gasteiger partial charge in [-0.25, -0.2) is 15.8 Å². The van der Waals surface area contributed by atoms with Crippen molar-refractivity contribution in [3.8, 4) is 0 Å². The molecule has 0 aliphatic heterocycles. The lowest BCUT2D eigenvalue weighted by Crippen LogP contribution is -2.36. The van der Waals surface area contributed by atoms with Crippen molar-refractivity contribution in [2.45, 2.75) is 51.0 Å². The highest BCUT2D eigenvalue weighted by Crippen LogP contribution is 2.27. The molecule has 1 aliphatic carbocycles. The third-order valence-corrected chi connectivity index (χ3v) is 3.84. The van der Waals surface area contributed by atoms with E-state index in [1.807, 2.05) is 6.92 Å². The normalized spacial score (nSPS) is 18.7. The topological polar surface area (TPSA) is 96.1 Å². The quantitative estimate of drug-likeness (QED) is 0.375. The second-order valence-electron chi connectivity index (χ2n) is 5.33. The fourth-order valence-electron chi connectivity index (χ4n) is 2.59. The standard InChI is InChI=1S/C13H23N5O/c1-10-11(16-9-17-12(10)18-14)15-8-13(19)6-4-2-3-5-7-13/h9,19H,2-8,14H2,1H3,(H2,15,16,17,18). The Balaban J connectivity index is 2.01. The second kappa shape index (κ2) is 6.16. The summed E-state index contributed by atoms with van der Waals surface area (Å²) in [7, 11) is 0. The molecule has 1 aliphatic rings. The monoisotopic (exact) mass is 265 g/mol. The van der Waals surface area contributed by atoms with Gasteiger partial charge in [-0.05, 0) is 19.8 Å². The first-order valence-corrected chi connectivity index (χ1v) is 6.89. The van der Waals surface area contributed by atoms with E-state index in [9.17, 15) is 5.11 Å². The number of hydrogen-bond donors (Lipinski definition) is 4. The first-order valence-electron chi connectivity index (χ1n) is 6.89. The van der Waals surface area contributed by atoms with E-state index >= 15 is 0 Å². The lowest BCUT2D eigenvalue weighted by Gasteiger charge is -2.27. The summed E-state index contributed by atoms with van der Waals surface area (Å²) in [5.41, 5.74) is 2.78. The molecular formula is C13H23N5O. The number of nitrogens with zero attached hydrogens (tertiary/aromatic N) is 2. The summed E-state index contributed by atoms with van der Waals surface area (Å²) in [4.78, 5) is 8.23. The Morgan fingerprint density at radius 1 is 1.21 bits per heavy atom. The van der Waals surface area contributed by atoms with Crippen molar-refractivity contribution in [1.82, 2.24) is 9.97 Å². The summed E-state index contributed by atoms with van der Waals surface area (Å²) in [5.74, 6) is 6.71. The largest absolute Gasteiger partial charge is 0.388 e. The Kier molecular flexibility index (Phi) is 4.55. The molecule has 0 amide bonds. The van der Waals surface area contributed by atoms with Crippen molar-refractivity contribution in [3.05, 3.63) is 11.9 Å². The van der Waals surface area contributed by atoms with Crippen LogP contribution in [0.4, 0.5) is 11.6 Å². The molecule has 19 heavy (non-hydrogen) atoms. The number of hydrazine groups is 1. The first-order chi connectivity index (χ1) is 9.14. The number of nitrogens with one attached hydrogen (secondary N) is 2. The van der Waals surface area contributed by atoms with Crippen molar-refractivity contribution in [1.29, 1.82) is 0 Å². The van der Waals surface area contributed by atoms with Gasteiger partial charge in [-0.15, -0.1) is 0 Å². The van der Waals surface area contributed by atoms with Crippen molar-refractivity contribution in [3.63, 3.8) is 0 Å². The zero-order chi connectivity index (χ0) is 13.7. The van der Waals surface area contributed by atoms with Gasteiger partial charge >= 0.3 is 0 Å². The highest BCUT2D eigenvalue weighted by atomic mass is 16.3. The smallest absolute Gasteiger partial charge is 0.148 e. The van der Waals surface area contributed by atoms with Crippen LogP contribution in [0.2, 0.25) is 0 Å². The third-order valence-electron chi connectivity index (χ3n) is 3.84. The number of aromatic nitrogens is 2. The van der Waals surface area contributed by atoms with E-state index in [0.717, 1.165) is 37.1 Å². The average molecular weight is 265 g/mol. The molecule has 6 nitrogen and oxygen atoms in total. The summed E-state index contributed by atoms with van der Waals surface area (Å²) in [6, 6.07) is 0. The lowest BCUT2D eigenvalue weighted by molar-refractivity contribution is 0.0380. The highest BCUT2D eigenvalue weighted by Gasteiger charge is 2.28. The van der Waals surface area contributed by atoms with Gasteiger partial charge in [0.05, 0.1) is 5.60 Å². The molecule has 0 radical (unpaired) electrons. The maximum Gasteiger partial charge on any atom is 0.148 e. The van der Waals surface area contributed by atoms with Crippen LogP contribution in [0, 0.1) is 6.92 Å². The Morgan fingerprint density at radius 3 is 2.47 bits per heavy atom. The summed E-state index contributed by atoms with van der Waals surface area (Å²) >= 11 is 0. The molecule has 5 N–H and O–H groups in total. The van der Waals surface area contributed by atoms with Crippen LogP contribution in [0.5, 0.6) is 0 Å². The minimum absolute atomic E-state index is 0.523. The van der Waals surface area contributed by atoms with Crippen LogP contribution in [0.3, 0.4) is 0 Å². The molecule has 0 spiro atoms. The molecule has 6 heteroatoms. The Bertz CT molecular complexity index is 415. The number of nitrogens with two attached hydrogens (primary N) is 1. The zero-order valence-electron chi connectivity index (χ0n) is 11.4. The van der Waals surface area contributed by atoms with Gasteiger partial charge in [0, 0.05) is 12.1 Å². The number of aliphatic hydroxyl groups is 1. The van der Waals surface area contributed by atoms with E-state index in [1.54, 1.807) is 0 Å². The van der Waals surface area contributed by atoms with Gasteiger partial charge in [-0.2, -0.15) is 0 Å². The van der Waals surface area contributed by atoms with Crippen molar-refractivity contribution in [2.24, 2.45) is 5.84 Å². The maximum atomic E-state index is 10.6. The van der Waals surface area contributed by atoms with Gasteiger partial charge < -0.3 is 15.8 Å². The Labute approximate surface area is 113 Å². The molecule has 1 aromatic heterocycles. The minimum atomic E-state index is -0.621. The molecule has 0 saturated heterocycles. The lowest BCUT2D eigenvalue weighted by atomic mass is 9.94. The minimum Gasteiger partial charge on any atom is -0.388 e. The zero-order valence-corrected chi connectivity index (χ0v) is 11.4. The van der Waals surface area contributed by atoms with E-state index < -0.39 is 5.60 Å². The number of anilines is 2. The number of hydrogen-bond acceptors (Lipinski definition) is 6. The average Bonchev–Trinajstić information content (AvgIpc) is 2.63. The number of rotatable bonds is 4. The van der Waals surface area contributed by atoms with Crippen LogP contribution >= 0.6 is 0 Å². The van der Waals surface area contributed by atoms with Crippen LogP contribution < -0.4 is 16.6 Å². The van der Waals surface area contributed by atoms with Gasteiger partial charge in [-0.1, -0.05) is 25.7 Å². The molecule has 0 unspecified atom stereocenters. The second-order valence-corrected chi connectivity index (χ2v) is 5.33. The fourth-order valence-corrected chi connectivity index (χ4v) is 2.59. The van der Waals surface area contributed by atoms with Gasteiger partial charge in [0.25, 0.3) is 0 Å². The Hall–Kier alpha value is -1.40. The molecule has 1 saturated carbocycles. The Morgan fingerprint density at radius 2 is 1.84 bits per heavy atom. The number of nitrogen functional groups attached to an aromatic ring is 1. The molecule has 1 heterocycles. The molecule has 0 atom stereocenters. The summed E-state index contributed by atoms with van der Waals surface area (Å²) in [6.07, 6.45) is 7.79. The fraction of sp³-hybridized carbons (Fsp3) is 0.692. The van der Waals surface area contributed by atoms with Gasteiger partial charge in [0.1, 0.15) is 18.0 Å².